The lowest BCUT2D eigenvalue weighted by atomic mass is 10.1. The van der Waals surface area contributed by atoms with Crippen molar-refractivity contribution in [3.05, 3.63) is 59.2 Å². The van der Waals surface area contributed by atoms with E-state index in [1.165, 1.54) is 5.56 Å². The van der Waals surface area contributed by atoms with Crippen LogP contribution in [0.3, 0.4) is 0 Å². The van der Waals surface area contributed by atoms with E-state index < -0.39 is 6.10 Å². The fourth-order valence-electron chi connectivity index (χ4n) is 2.00. The van der Waals surface area contributed by atoms with E-state index in [9.17, 15) is 4.79 Å². The topological polar surface area (TPSA) is 59.9 Å². The van der Waals surface area contributed by atoms with Crippen LogP contribution in [-0.2, 0) is 4.79 Å². The van der Waals surface area contributed by atoms with Crippen molar-refractivity contribution >= 4 is 12.1 Å². The molecule has 5 heteroatoms. The highest BCUT2D eigenvalue weighted by Crippen LogP contribution is 2.17. The quantitative estimate of drug-likeness (QED) is 0.655. The van der Waals surface area contributed by atoms with Crippen LogP contribution in [0.5, 0.6) is 11.5 Å². The summed E-state index contributed by atoms with van der Waals surface area (Å²) in [6.07, 6.45) is 0.931. The molecule has 0 aliphatic rings. The molecule has 1 amide bonds. The maximum atomic E-state index is 12.0. The molecule has 2 rings (SSSR count). The number of methoxy groups -OCH3 is 1. The van der Waals surface area contributed by atoms with Gasteiger partial charge in [-0.15, -0.1) is 0 Å². The molecule has 2 aromatic rings. The Kier molecular flexibility index (Phi) is 5.95. The Bertz CT molecular complexity index is 724. The zero-order valence-corrected chi connectivity index (χ0v) is 14.4. The Labute approximate surface area is 142 Å². The van der Waals surface area contributed by atoms with Gasteiger partial charge in [-0.25, -0.2) is 5.43 Å². The third-order valence-corrected chi connectivity index (χ3v) is 3.66. The van der Waals surface area contributed by atoms with Gasteiger partial charge in [0.15, 0.2) is 6.10 Å². The summed E-state index contributed by atoms with van der Waals surface area (Å²) < 4.78 is 10.7. The largest absolute Gasteiger partial charge is 0.497 e. The highest BCUT2D eigenvalue weighted by atomic mass is 16.5. The smallest absolute Gasteiger partial charge is 0.280 e. The molecule has 0 fully saturated rings. The van der Waals surface area contributed by atoms with Gasteiger partial charge in [0.25, 0.3) is 5.91 Å². The maximum Gasteiger partial charge on any atom is 0.280 e. The van der Waals surface area contributed by atoms with Crippen LogP contribution in [-0.4, -0.2) is 25.3 Å². The molecular weight excluding hydrogens is 304 g/mol. The second kappa shape index (κ2) is 8.15. The number of hydrazone groups is 1. The standard InChI is InChI=1S/C19H22N2O3/c1-13-5-8-18(11-14(13)2)24-15(3)19(22)21-20-12-16-6-9-17(23-4)10-7-16/h5-12,15H,1-4H3,(H,21,22)/b20-12+. The van der Waals surface area contributed by atoms with Gasteiger partial charge in [0, 0.05) is 0 Å². The molecule has 0 heterocycles. The van der Waals surface area contributed by atoms with Gasteiger partial charge in [-0.2, -0.15) is 5.10 Å². The van der Waals surface area contributed by atoms with Crippen LogP contribution < -0.4 is 14.9 Å². The van der Waals surface area contributed by atoms with Gasteiger partial charge in [-0.05, 0) is 73.9 Å². The minimum absolute atomic E-state index is 0.307. The van der Waals surface area contributed by atoms with E-state index in [0.717, 1.165) is 16.9 Å². The van der Waals surface area contributed by atoms with Gasteiger partial charge in [0.05, 0.1) is 13.3 Å². The van der Waals surface area contributed by atoms with Gasteiger partial charge in [0.1, 0.15) is 11.5 Å². The normalized spacial score (nSPS) is 12.0. The predicted molar refractivity (Wildman–Crippen MR) is 94.7 cm³/mol. The van der Waals surface area contributed by atoms with Crippen molar-refractivity contribution in [2.75, 3.05) is 7.11 Å². The minimum Gasteiger partial charge on any atom is -0.497 e. The summed E-state index contributed by atoms with van der Waals surface area (Å²) in [6, 6.07) is 13.1. The number of hydrogen-bond donors (Lipinski definition) is 1. The lowest BCUT2D eigenvalue weighted by Gasteiger charge is -2.14. The molecule has 1 unspecified atom stereocenters. The first-order valence-electron chi connectivity index (χ1n) is 7.70. The molecule has 0 aliphatic carbocycles. The van der Waals surface area contributed by atoms with Crippen molar-refractivity contribution in [1.29, 1.82) is 0 Å². The van der Waals surface area contributed by atoms with E-state index in [2.05, 4.69) is 10.5 Å². The van der Waals surface area contributed by atoms with Gasteiger partial charge in [0.2, 0.25) is 0 Å². The molecule has 0 aromatic heterocycles. The highest BCUT2D eigenvalue weighted by Gasteiger charge is 2.14. The average molecular weight is 326 g/mol. The van der Waals surface area contributed by atoms with E-state index in [1.54, 1.807) is 20.2 Å². The summed E-state index contributed by atoms with van der Waals surface area (Å²) >= 11 is 0. The lowest BCUT2D eigenvalue weighted by molar-refractivity contribution is -0.127. The third kappa shape index (κ3) is 4.84. The molecule has 2 aromatic carbocycles. The summed E-state index contributed by atoms with van der Waals surface area (Å²) in [6.45, 7) is 5.72. The Morgan fingerprint density at radius 2 is 1.75 bits per heavy atom. The van der Waals surface area contributed by atoms with Crippen LogP contribution in [0.1, 0.15) is 23.6 Å². The first-order valence-corrected chi connectivity index (χ1v) is 7.70. The van der Waals surface area contributed by atoms with Crippen LogP contribution in [0, 0.1) is 13.8 Å². The molecule has 0 aliphatic heterocycles. The third-order valence-electron chi connectivity index (χ3n) is 3.66. The van der Waals surface area contributed by atoms with Crippen LogP contribution in [0.25, 0.3) is 0 Å². The fraction of sp³-hybridized carbons (Fsp3) is 0.263. The summed E-state index contributed by atoms with van der Waals surface area (Å²) in [5.41, 5.74) is 5.65. The summed E-state index contributed by atoms with van der Waals surface area (Å²) in [5.74, 6) is 1.13. The van der Waals surface area contributed by atoms with Crippen molar-refractivity contribution in [2.24, 2.45) is 5.10 Å². The van der Waals surface area contributed by atoms with E-state index >= 15 is 0 Å². The highest BCUT2D eigenvalue weighted by molar-refractivity contribution is 5.84. The summed E-state index contributed by atoms with van der Waals surface area (Å²) in [5, 5.41) is 3.95. The summed E-state index contributed by atoms with van der Waals surface area (Å²) in [7, 11) is 1.61. The van der Waals surface area contributed by atoms with E-state index in [0.29, 0.717) is 5.75 Å². The zero-order valence-electron chi connectivity index (χ0n) is 14.4. The van der Waals surface area contributed by atoms with Crippen molar-refractivity contribution in [3.8, 4) is 11.5 Å². The first-order chi connectivity index (χ1) is 11.5. The zero-order chi connectivity index (χ0) is 17.5. The number of nitrogens with zero attached hydrogens (tertiary/aromatic N) is 1. The van der Waals surface area contributed by atoms with E-state index in [4.69, 9.17) is 9.47 Å². The Hall–Kier alpha value is -2.82. The SMILES string of the molecule is COc1ccc(/C=N/NC(=O)C(C)Oc2ccc(C)c(C)c2)cc1. The number of amides is 1. The van der Waals surface area contributed by atoms with E-state index in [-0.39, 0.29) is 5.91 Å². The maximum absolute atomic E-state index is 12.0. The van der Waals surface area contributed by atoms with E-state index in [1.807, 2.05) is 56.3 Å². The van der Waals surface area contributed by atoms with Crippen molar-refractivity contribution < 1.29 is 14.3 Å². The number of hydrogen-bond acceptors (Lipinski definition) is 4. The number of carbonyl (C=O) groups excluding carboxylic acids is 1. The Balaban J connectivity index is 1.88. The predicted octanol–water partition coefficient (Wildman–Crippen LogP) is 3.23. The molecule has 0 saturated heterocycles. The van der Waals surface area contributed by atoms with Crippen LogP contribution >= 0.6 is 0 Å². The molecule has 0 bridgehead atoms. The Morgan fingerprint density at radius 3 is 2.38 bits per heavy atom. The monoisotopic (exact) mass is 326 g/mol. The number of rotatable bonds is 6. The Morgan fingerprint density at radius 1 is 1.08 bits per heavy atom. The van der Waals surface area contributed by atoms with Gasteiger partial charge < -0.3 is 9.47 Å². The number of aryl methyl sites for hydroxylation is 2. The van der Waals surface area contributed by atoms with Crippen LogP contribution in [0.15, 0.2) is 47.6 Å². The number of benzene rings is 2. The molecule has 0 radical (unpaired) electrons. The lowest BCUT2D eigenvalue weighted by Crippen LogP contribution is -2.33. The second-order valence-electron chi connectivity index (χ2n) is 5.51. The summed E-state index contributed by atoms with van der Waals surface area (Å²) in [4.78, 5) is 12.0. The molecule has 5 nitrogen and oxygen atoms in total. The average Bonchev–Trinajstić information content (AvgIpc) is 2.58. The van der Waals surface area contributed by atoms with Gasteiger partial charge in [-0.3, -0.25) is 4.79 Å². The molecule has 1 atom stereocenters. The molecule has 0 spiro atoms. The van der Waals surface area contributed by atoms with Gasteiger partial charge in [-0.1, -0.05) is 6.07 Å². The van der Waals surface area contributed by atoms with Crippen molar-refractivity contribution in [3.63, 3.8) is 0 Å². The van der Waals surface area contributed by atoms with Gasteiger partial charge >= 0.3 is 0 Å². The minimum atomic E-state index is -0.639. The number of ether oxygens (including phenoxy) is 2. The van der Waals surface area contributed by atoms with Crippen LogP contribution in [0.2, 0.25) is 0 Å². The molecular formula is C19H22N2O3. The number of nitrogens with one attached hydrogen (secondary N) is 1. The van der Waals surface area contributed by atoms with Crippen molar-refractivity contribution in [1.82, 2.24) is 5.43 Å². The second-order valence-corrected chi connectivity index (χ2v) is 5.51. The van der Waals surface area contributed by atoms with Crippen LogP contribution in [0.4, 0.5) is 0 Å². The molecule has 0 saturated carbocycles. The fourth-order valence-corrected chi connectivity index (χ4v) is 2.00. The molecule has 24 heavy (non-hydrogen) atoms. The molecule has 126 valence electrons. The molecule has 1 N–H and O–H groups in total. The first kappa shape index (κ1) is 17.5. The number of carbonyl (C=O) groups is 1. The van der Waals surface area contributed by atoms with Crippen molar-refractivity contribution in [2.45, 2.75) is 26.9 Å².